The van der Waals surface area contributed by atoms with Gasteiger partial charge in [-0.15, -0.1) is 0 Å². The van der Waals surface area contributed by atoms with Crippen LogP contribution < -0.4 is 10.5 Å². The van der Waals surface area contributed by atoms with Gasteiger partial charge in [0.1, 0.15) is 5.82 Å². The number of rotatable bonds is 0. The summed E-state index contributed by atoms with van der Waals surface area (Å²) in [6.07, 6.45) is 0. The molecule has 0 radical (unpaired) electrons. The van der Waals surface area contributed by atoms with E-state index in [0.29, 0.717) is 0 Å². The van der Waals surface area contributed by atoms with Crippen LogP contribution in [0.25, 0.3) is 10.8 Å². The molecule has 0 fully saturated rings. The molecule has 0 spiro atoms. The molecule has 1 aliphatic rings. The Labute approximate surface area is 87.6 Å². The lowest BCUT2D eigenvalue weighted by Gasteiger charge is -2.11. The minimum atomic E-state index is 0.132. The van der Waals surface area contributed by atoms with Gasteiger partial charge in [0.25, 0.3) is 5.56 Å². The first kappa shape index (κ1) is 8.53. The van der Waals surface area contributed by atoms with E-state index in [-0.39, 0.29) is 5.56 Å². The fraction of sp³-hybridized carbons (Fsp3) is 0.250. The van der Waals surface area contributed by atoms with E-state index in [1.54, 1.807) is 0 Å². The maximum atomic E-state index is 12.1. The number of nitrogens with zero attached hydrogens (tertiary/aromatic N) is 2. The van der Waals surface area contributed by atoms with Gasteiger partial charge in [-0.05, 0) is 17.5 Å². The molecule has 1 aromatic carbocycles. The van der Waals surface area contributed by atoms with Crippen LogP contribution >= 0.6 is 0 Å². The van der Waals surface area contributed by atoms with Gasteiger partial charge >= 0.3 is 0 Å². The van der Waals surface area contributed by atoms with E-state index in [2.05, 4.69) is 11.0 Å². The zero-order valence-electron chi connectivity index (χ0n) is 8.60. The number of benzene rings is 1. The number of aromatic nitrogens is 1. The second-order valence-corrected chi connectivity index (χ2v) is 3.97. The third-order valence-corrected chi connectivity index (χ3v) is 3.05. The Morgan fingerprint density at radius 3 is 2.87 bits per heavy atom. The predicted octanol–water partition coefficient (Wildman–Crippen LogP) is 1.45. The molecular weight excluding hydrogens is 188 g/mol. The highest BCUT2D eigenvalue weighted by atomic mass is 16.1. The molecule has 0 bridgehead atoms. The average Bonchev–Trinajstić information content (AvgIpc) is 2.62. The number of hydrogen-bond acceptors (Lipinski definition) is 2. The molecule has 2 heterocycles. The summed E-state index contributed by atoms with van der Waals surface area (Å²) in [5, 5.41) is 1.85. The summed E-state index contributed by atoms with van der Waals surface area (Å²) in [6, 6.07) is 9.85. The van der Waals surface area contributed by atoms with Crippen LogP contribution in [0.2, 0.25) is 0 Å². The van der Waals surface area contributed by atoms with Crippen molar-refractivity contribution in [2.75, 3.05) is 18.5 Å². The van der Waals surface area contributed by atoms with Crippen molar-refractivity contribution in [1.29, 1.82) is 0 Å². The summed E-state index contributed by atoms with van der Waals surface area (Å²) in [6.45, 7) is 1.72. The molecule has 1 aromatic heterocycles. The Hall–Kier alpha value is -1.77. The molecule has 3 nitrogen and oxygen atoms in total. The van der Waals surface area contributed by atoms with Crippen LogP contribution in [-0.2, 0) is 6.54 Å². The first-order valence-electron chi connectivity index (χ1n) is 5.11. The summed E-state index contributed by atoms with van der Waals surface area (Å²) >= 11 is 0. The summed E-state index contributed by atoms with van der Waals surface area (Å²) in [4.78, 5) is 14.2. The van der Waals surface area contributed by atoms with Crippen molar-refractivity contribution in [3.05, 3.63) is 40.7 Å². The van der Waals surface area contributed by atoms with Gasteiger partial charge in [0, 0.05) is 25.5 Å². The molecule has 0 unspecified atom stereocenters. The van der Waals surface area contributed by atoms with Crippen molar-refractivity contribution in [2.24, 2.45) is 0 Å². The van der Waals surface area contributed by atoms with Gasteiger partial charge in [-0.1, -0.05) is 18.2 Å². The average molecular weight is 200 g/mol. The first-order valence-corrected chi connectivity index (χ1v) is 5.11. The Morgan fingerprint density at radius 2 is 2.00 bits per heavy atom. The molecule has 0 N–H and O–H groups in total. The van der Waals surface area contributed by atoms with Gasteiger partial charge in [0.15, 0.2) is 0 Å². The molecule has 0 saturated heterocycles. The van der Waals surface area contributed by atoms with Crippen molar-refractivity contribution in [3.63, 3.8) is 0 Å². The van der Waals surface area contributed by atoms with Crippen LogP contribution in [0.4, 0.5) is 5.82 Å². The maximum absolute atomic E-state index is 12.1. The van der Waals surface area contributed by atoms with Crippen LogP contribution in [0, 0.1) is 0 Å². The first-order chi connectivity index (χ1) is 7.27. The predicted molar refractivity (Wildman–Crippen MR) is 61.5 cm³/mol. The lowest BCUT2D eigenvalue weighted by Crippen LogP contribution is -2.18. The fourth-order valence-corrected chi connectivity index (χ4v) is 2.18. The van der Waals surface area contributed by atoms with Crippen LogP contribution in [-0.4, -0.2) is 18.2 Å². The smallest absolute Gasteiger partial charge is 0.260 e. The highest BCUT2D eigenvalue weighted by molar-refractivity contribution is 5.84. The topological polar surface area (TPSA) is 25.2 Å². The molecular formula is C12H12N2O. The second kappa shape index (κ2) is 2.86. The molecule has 0 amide bonds. The summed E-state index contributed by atoms with van der Waals surface area (Å²) in [5.74, 6) is 1.03. The molecule has 76 valence electrons. The molecule has 3 rings (SSSR count). The minimum absolute atomic E-state index is 0.132. The van der Waals surface area contributed by atoms with Crippen LogP contribution in [0.15, 0.2) is 35.1 Å². The van der Waals surface area contributed by atoms with Gasteiger partial charge in [0.05, 0.1) is 0 Å². The zero-order valence-corrected chi connectivity index (χ0v) is 8.60. The third-order valence-electron chi connectivity index (χ3n) is 3.05. The van der Waals surface area contributed by atoms with Crippen molar-refractivity contribution in [1.82, 2.24) is 4.57 Å². The minimum Gasteiger partial charge on any atom is -0.359 e. The van der Waals surface area contributed by atoms with Crippen LogP contribution in [0.1, 0.15) is 0 Å². The van der Waals surface area contributed by atoms with E-state index in [0.717, 1.165) is 29.7 Å². The Balaban J connectivity index is 2.46. The third kappa shape index (κ3) is 1.09. The highest BCUT2D eigenvalue weighted by Crippen LogP contribution is 2.21. The molecule has 2 aromatic rings. The normalized spacial score (nSPS) is 14.6. The lowest BCUT2D eigenvalue weighted by molar-refractivity contribution is 0.770. The van der Waals surface area contributed by atoms with Gasteiger partial charge in [0.2, 0.25) is 0 Å². The molecule has 0 atom stereocenters. The largest absolute Gasteiger partial charge is 0.359 e. The van der Waals surface area contributed by atoms with Gasteiger partial charge < -0.3 is 4.90 Å². The molecule has 3 heteroatoms. The number of pyridine rings is 1. The van der Waals surface area contributed by atoms with E-state index in [1.807, 2.05) is 35.9 Å². The summed E-state index contributed by atoms with van der Waals surface area (Å²) in [7, 11) is 2.02. The maximum Gasteiger partial charge on any atom is 0.260 e. The fourth-order valence-electron chi connectivity index (χ4n) is 2.18. The van der Waals surface area contributed by atoms with E-state index in [1.165, 1.54) is 0 Å². The van der Waals surface area contributed by atoms with Crippen molar-refractivity contribution < 1.29 is 0 Å². The van der Waals surface area contributed by atoms with Crippen molar-refractivity contribution >= 4 is 16.6 Å². The molecule has 0 saturated carbocycles. The van der Waals surface area contributed by atoms with Gasteiger partial charge in [-0.3, -0.25) is 9.36 Å². The monoisotopic (exact) mass is 200 g/mol. The van der Waals surface area contributed by atoms with Gasteiger partial charge in [-0.2, -0.15) is 0 Å². The van der Waals surface area contributed by atoms with E-state index in [9.17, 15) is 4.79 Å². The van der Waals surface area contributed by atoms with Crippen molar-refractivity contribution in [3.8, 4) is 0 Å². The number of hydrogen-bond donors (Lipinski definition) is 0. The van der Waals surface area contributed by atoms with Crippen LogP contribution in [0.3, 0.4) is 0 Å². The molecule has 0 aliphatic carbocycles. The summed E-state index contributed by atoms with van der Waals surface area (Å²) in [5.41, 5.74) is 0.132. The number of likely N-dealkylation sites (N-methyl/N-ethyl adjacent to an activating group) is 1. The second-order valence-electron chi connectivity index (χ2n) is 3.97. The quantitative estimate of drug-likeness (QED) is 0.643. The van der Waals surface area contributed by atoms with E-state index in [4.69, 9.17) is 0 Å². The van der Waals surface area contributed by atoms with Crippen molar-refractivity contribution in [2.45, 2.75) is 6.54 Å². The Morgan fingerprint density at radius 1 is 1.20 bits per heavy atom. The Kier molecular flexibility index (Phi) is 1.63. The van der Waals surface area contributed by atoms with Crippen LogP contribution in [0.5, 0.6) is 0 Å². The highest BCUT2D eigenvalue weighted by Gasteiger charge is 2.17. The standard InChI is InChI=1S/C12H12N2O/c1-13-6-7-14-11(13)8-9-4-2-3-5-10(9)12(14)15/h2-5,8H,6-7H2,1H3. The lowest BCUT2D eigenvalue weighted by atomic mass is 10.2. The zero-order chi connectivity index (χ0) is 10.4. The summed E-state index contributed by atoms with van der Waals surface area (Å²) < 4.78 is 1.85. The van der Waals surface area contributed by atoms with E-state index < -0.39 is 0 Å². The molecule has 1 aliphatic heterocycles. The number of anilines is 1. The SMILES string of the molecule is CN1CCn2c1cc1ccccc1c2=O. The number of fused-ring (bicyclic) bond motifs is 2. The Bertz CT molecular complexity index is 586. The molecule has 15 heavy (non-hydrogen) atoms. The van der Waals surface area contributed by atoms with E-state index >= 15 is 0 Å². The van der Waals surface area contributed by atoms with Gasteiger partial charge in [-0.25, -0.2) is 0 Å².